The molecule has 0 bridgehead atoms. The van der Waals surface area contributed by atoms with E-state index in [1.165, 1.54) is 35.2 Å². The molecule has 0 saturated heterocycles. The molecule has 0 amide bonds. The van der Waals surface area contributed by atoms with Crippen LogP contribution >= 0.6 is 0 Å². The zero-order valence-electron chi connectivity index (χ0n) is 16.7. The Hall–Kier alpha value is -3.69. The summed E-state index contributed by atoms with van der Waals surface area (Å²) in [6.45, 7) is 0.776. The molecule has 1 N–H and O–H groups in total. The lowest BCUT2D eigenvalue weighted by Gasteiger charge is -2.21. The van der Waals surface area contributed by atoms with Crippen LogP contribution in [0.5, 0.6) is 5.75 Å². The molecule has 3 heterocycles. The van der Waals surface area contributed by atoms with Crippen LogP contribution in [0.1, 0.15) is 23.1 Å². The molecular formula is C22H17F4N5O. The first kappa shape index (κ1) is 20.2. The van der Waals surface area contributed by atoms with Gasteiger partial charge in [0.05, 0.1) is 12.2 Å². The molecule has 10 heteroatoms. The van der Waals surface area contributed by atoms with Crippen LogP contribution in [-0.2, 0) is 19.1 Å². The second-order valence-electron chi connectivity index (χ2n) is 7.37. The lowest BCUT2D eigenvalue weighted by Crippen LogP contribution is -2.15. The molecular weight excluding hydrogens is 426 g/mol. The zero-order chi connectivity index (χ0) is 22.3. The number of hydrogen-bond donors (Lipinski definition) is 1. The van der Waals surface area contributed by atoms with Crippen LogP contribution in [0, 0.1) is 5.82 Å². The molecule has 6 nitrogen and oxygen atoms in total. The minimum Gasteiger partial charge on any atom is -0.493 e. The number of nitrogens with zero attached hydrogens (tertiary/aromatic N) is 4. The Morgan fingerprint density at radius 3 is 2.66 bits per heavy atom. The van der Waals surface area contributed by atoms with Gasteiger partial charge < -0.3 is 10.1 Å². The van der Waals surface area contributed by atoms with E-state index in [2.05, 4.69) is 20.4 Å². The number of aromatic nitrogens is 4. The van der Waals surface area contributed by atoms with E-state index in [0.29, 0.717) is 40.6 Å². The fourth-order valence-electron chi connectivity index (χ4n) is 3.82. The number of fused-ring (bicyclic) bond motifs is 2. The predicted octanol–water partition coefficient (Wildman–Crippen LogP) is 4.89. The van der Waals surface area contributed by atoms with Gasteiger partial charge in [-0.1, -0.05) is 12.1 Å². The highest BCUT2D eigenvalue weighted by Gasteiger charge is 2.30. The van der Waals surface area contributed by atoms with E-state index in [1.807, 2.05) is 0 Å². The molecule has 0 radical (unpaired) electrons. The van der Waals surface area contributed by atoms with Crippen LogP contribution in [0.15, 0.2) is 48.9 Å². The maximum Gasteiger partial charge on any atom is 0.416 e. The Kier molecular flexibility index (Phi) is 4.91. The number of halogens is 4. The summed E-state index contributed by atoms with van der Waals surface area (Å²) in [5, 5.41) is 7.26. The summed E-state index contributed by atoms with van der Waals surface area (Å²) in [5.74, 6) is 0.686. The number of rotatable bonds is 4. The van der Waals surface area contributed by atoms with Crippen molar-refractivity contribution < 1.29 is 22.3 Å². The molecule has 0 aliphatic carbocycles. The van der Waals surface area contributed by atoms with E-state index < -0.39 is 11.7 Å². The summed E-state index contributed by atoms with van der Waals surface area (Å²) < 4.78 is 60.1. The lowest BCUT2D eigenvalue weighted by molar-refractivity contribution is -0.137. The van der Waals surface area contributed by atoms with Crippen LogP contribution in [0.25, 0.3) is 16.8 Å². The first-order valence-electron chi connectivity index (χ1n) is 9.95. The van der Waals surface area contributed by atoms with Gasteiger partial charge in [-0.3, -0.25) is 0 Å². The summed E-state index contributed by atoms with van der Waals surface area (Å²) in [6, 6.07) is 7.78. The average Bonchev–Trinajstić information content (AvgIpc) is 3.28. The normalized spacial score (nSPS) is 13.6. The standard InChI is InChI=1S/C22H17F4N5O/c23-18-7-8-19-15(2-1-9-32-19)17(18)11-28-21-27-10-16(20-29-12-30-31(20)21)13-3-5-14(6-4-13)22(24,25)26/h3-8,10,12H,1-2,9,11H2,(H,27,28). The molecule has 0 fully saturated rings. The number of anilines is 1. The highest BCUT2D eigenvalue weighted by atomic mass is 19.4. The van der Waals surface area contributed by atoms with E-state index in [1.54, 1.807) is 6.07 Å². The Balaban J connectivity index is 1.45. The van der Waals surface area contributed by atoms with E-state index >= 15 is 0 Å². The smallest absolute Gasteiger partial charge is 0.416 e. The molecule has 5 rings (SSSR count). The molecule has 1 aliphatic rings. The Bertz CT molecular complexity index is 1280. The van der Waals surface area contributed by atoms with Crippen molar-refractivity contribution in [3.8, 4) is 16.9 Å². The van der Waals surface area contributed by atoms with Gasteiger partial charge in [-0.15, -0.1) is 0 Å². The maximum absolute atomic E-state index is 14.5. The number of alkyl halides is 3. The van der Waals surface area contributed by atoms with Gasteiger partial charge in [0, 0.05) is 29.4 Å². The number of benzene rings is 2. The molecule has 1 aliphatic heterocycles. The van der Waals surface area contributed by atoms with Crippen molar-refractivity contribution in [2.45, 2.75) is 25.6 Å². The van der Waals surface area contributed by atoms with Crippen LogP contribution in [-0.4, -0.2) is 26.2 Å². The molecule has 0 spiro atoms. The van der Waals surface area contributed by atoms with E-state index in [-0.39, 0.29) is 12.4 Å². The topological polar surface area (TPSA) is 64.3 Å². The van der Waals surface area contributed by atoms with Crippen molar-refractivity contribution in [3.63, 3.8) is 0 Å². The third-order valence-electron chi connectivity index (χ3n) is 5.41. The molecule has 164 valence electrons. The Morgan fingerprint density at radius 2 is 1.88 bits per heavy atom. The van der Waals surface area contributed by atoms with Crippen LogP contribution in [0.2, 0.25) is 0 Å². The number of hydrogen-bond acceptors (Lipinski definition) is 5. The van der Waals surface area contributed by atoms with Gasteiger partial charge in [0.25, 0.3) is 0 Å². The summed E-state index contributed by atoms with van der Waals surface area (Å²) >= 11 is 0. The van der Waals surface area contributed by atoms with Crippen molar-refractivity contribution in [1.29, 1.82) is 0 Å². The average molecular weight is 443 g/mol. The van der Waals surface area contributed by atoms with Gasteiger partial charge in [0.1, 0.15) is 17.9 Å². The highest BCUT2D eigenvalue weighted by molar-refractivity contribution is 5.77. The molecule has 0 saturated carbocycles. The van der Waals surface area contributed by atoms with Crippen LogP contribution in [0.3, 0.4) is 0 Å². The molecule has 2 aromatic carbocycles. The van der Waals surface area contributed by atoms with Crippen molar-refractivity contribution >= 4 is 11.6 Å². The molecule has 2 aromatic heterocycles. The van der Waals surface area contributed by atoms with Gasteiger partial charge in [-0.25, -0.2) is 14.4 Å². The number of ether oxygens (including phenoxy) is 1. The van der Waals surface area contributed by atoms with Gasteiger partial charge in [-0.05, 0) is 42.7 Å². The van der Waals surface area contributed by atoms with Gasteiger partial charge >= 0.3 is 6.18 Å². The van der Waals surface area contributed by atoms with Crippen LogP contribution < -0.4 is 10.1 Å². The van der Waals surface area contributed by atoms with Crippen molar-refractivity contribution in [2.24, 2.45) is 0 Å². The predicted molar refractivity (Wildman–Crippen MR) is 109 cm³/mol. The summed E-state index contributed by atoms with van der Waals surface area (Å²) in [4.78, 5) is 8.58. The fraction of sp³-hybridized carbons (Fsp3) is 0.227. The van der Waals surface area contributed by atoms with Gasteiger partial charge in [0.2, 0.25) is 5.95 Å². The monoisotopic (exact) mass is 443 g/mol. The fourth-order valence-corrected chi connectivity index (χ4v) is 3.82. The van der Waals surface area contributed by atoms with Gasteiger partial charge in [-0.2, -0.15) is 22.8 Å². The van der Waals surface area contributed by atoms with E-state index in [0.717, 1.165) is 30.5 Å². The summed E-state index contributed by atoms with van der Waals surface area (Å²) in [5.41, 5.74) is 2.07. The Labute approximate surface area is 179 Å². The molecule has 0 unspecified atom stereocenters. The minimum absolute atomic E-state index is 0.167. The maximum atomic E-state index is 14.5. The third-order valence-corrected chi connectivity index (χ3v) is 5.41. The minimum atomic E-state index is -4.41. The first-order valence-corrected chi connectivity index (χ1v) is 9.95. The quantitative estimate of drug-likeness (QED) is 0.455. The number of nitrogens with one attached hydrogen (secondary N) is 1. The highest BCUT2D eigenvalue weighted by Crippen LogP contribution is 2.33. The Morgan fingerprint density at radius 1 is 1.06 bits per heavy atom. The van der Waals surface area contributed by atoms with Crippen LogP contribution in [0.4, 0.5) is 23.5 Å². The van der Waals surface area contributed by atoms with E-state index in [4.69, 9.17) is 4.74 Å². The third kappa shape index (κ3) is 3.61. The molecule has 0 atom stereocenters. The SMILES string of the molecule is Fc1ccc2c(c1CNc1ncc(-c3ccc(C(F)(F)F)cc3)c3ncnn13)CCCO2. The van der Waals surface area contributed by atoms with Gasteiger partial charge in [0.15, 0.2) is 5.65 Å². The molecule has 32 heavy (non-hydrogen) atoms. The second kappa shape index (κ2) is 7.77. The van der Waals surface area contributed by atoms with Crippen molar-refractivity contribution in [2.75, 3.05) is 11.9 Å². The summed E-state index contributed by atoms with van der Waals surface area (Å²) in [6.07, 6.45) is -0.0326. The second-order valence-corrected chi connectivity index (χ2v) is 7.37. The largest absolute Gasteiger partial charge is 0.493 e. The summed E-state index contributed by atoms with van der Waals surface area (Å²) in [7, 11) is 0. The zero-order valence-corrected chi connectivity index (χ0v) is 16.7. The molecule has 4 aromatic rings. The van der Waals surface area contributed by atoms with Crippen molar-refractivity contribution in [3.05, 3.63) is 71.4 Å². The first-order chi connectivity index (χ1) is 15.4. The lowest BCUT2D eigenvalue weighted by atomic mass is 9.99. The van der Waals surface area contributed by atoms with E-state index in [9.17, 15) is 17.6 Å². The van der Waals surface area contributed by atoms with Crippen molar-refractivity contribution in [1.82, 2.24) is 19.6 Å².